The lowest BCUT2D eigenvalue weighted by Crippen LogP contribution is -1.98. The van der Waals surface area contributed by atoms with Crippen molar-refractivity contribution in [1.29, 1.82) is 0 Å². The van der Waals surface area contributed by atoms with Crippen molar-refractivity contribution in [3.05, 3.63) is 33.8 Å². The van der Waals surface area contributed by atoms with Crippen LogP contribution in [-0.4, -0.2) is 11.1 Å². The highest BCUT2D eigenvalue weighted by molar-refractivity contribution is 9.10. The van der Waals surface area contributed by atoms with E-state index in [0.29, 0.717) is 11.5 Å². The van der Waals surface area contributed by atoms with Crippen molar-refractivity contribution in [1.82, 2.24) is 0 Å². The van der Waals surface area contributed by atoms with E-state index >= 15 is 0 Å². The summed E-state index contributed by atoms with van der Waals surface area (Å²) in [6.45, 7) is 4.07. The van der Waals surface area contributed by atoms with Crippen LogP contribution < -0.4 is 0 Å². The van der Waals surface area contributed by atoms with Crippen LogP contribution in [0.5, 0.6) is 0 Å². The minimum atomic E-state index is -0.886. The summed E-state index contributed by atoms with van der Waals surface area (Å²) in [6.07, 6.45) is 0. The predicted octanol–water partition coefficient (Wildman–Crippen LogP) is 3.27. The van der Waals surface area contributed by atoms with Gasteiger partial charge >= 0.3 is 5.97 Å². The Hall–Kier alpha value is -0.830. The Labute approximate surface area is 85.7 Å². The first-order chi connectivity index (χ1) is 6.00. The van der Waals surface area contributed by atoms with Gasteiger partial charge in [-0.25, -0.2) is 4.79 Å². The van der Waals surface area contributed by atoms with E-state index in [9.17, 15) is 4.79 Å². The maximum atomic E-state index is 10.7. The van der Waals surface area contributed by atoms with E-state index < -0.39 is 5.97 Å². The van der Waals surface area contributed by atoms with Gasteiger partial charge in [-0.05, 0) is 29.7 Å². The molecule has 0 radical (unpaired) electrons. The van der Waals surface area contributed by atoms with Gasteiger partial charge < -0.3 is 5.11 Å². The maximum absolute atomic E-state index is 10.7. The van der Waals surface area contributed by atoms with Crippen molar-refractivity contribution in [3.8, 4) is 0 Å². The van der Waals surface area contributed by atoms with Crippen LogP contribution in [0, 0.1) is 0 Å². The molecule has 0 saturated heterocycles. The lowest BCUT2D eigenvalue weighted by molar-refractivity contribution is 0.0696. The highest BCUT2D eigenvalue weighted by Crippen LogP contribution is 2.21. The summed E-state index contributed by atoms with van der Waals surface area (Å²) < 4.78 is 0.816. The number of benzene rings is 1. The minimum absolute atomic E-state index is 0.332. The average Bonchev–Trinajstić information content (AvgIpc) is 2.03. The van der Waals surface area contributed by atoms with Gasteiger partial charge in [0, 0.05) is 4.47 Å². The zero-order valence-electron chi connectivity index (χ0n) is 7.54. The number of carboxylic acid groups (broad SMARTS) is 1. The molecule has 1 aromatic rings. The van der Waals surface area contributed by atoms with Crippen LogP contribution >= 0.6 is 15.9 Å². The summed E-state index contributed by atoms with van der Waals surface area (Å²) >= 11 is 3.29. The SMILES string of the molecule is CC(C)c1cc(Br)cc(C(=O)O)c1. The summed E-state index contributed by atoms with van der Waals surface area (Å²) in [6, 6.07) is 5.25. The molecule has 0 heterocycles. The molecule has 0 fully saturated rings. The summed E-state index contributed by atoms with van der Waals surface area (Å²) in [5.74, 6) is -0.543. The Kier molecular flexibility index (Phi) is 3.09. The largest absolute Gasteiger partial charge is 0.478 e. The monoisotopic (exact) mass is 242 g/mol. The lowest BCUT2D eigenvalue weighted by Gasteiger charge is -2.06. The number of rotatable bonds is 2. The Bertz CT molecular complexity index is 332. The van der Waals surface area contributed by atoms with Crippen LogP contribution in [0.25, 0.3) is 0 Å². The normalized spacial score (nSPS) is 10.5. The van der Waals surface area contributed by atoms with Gasteiger partial charge in [-0.2, -0.15) is 0 Å². The van der Waals surface area contributed by atoms with Crippen molar-refractivity contribution in [2.45, 2.75) is 19.8 Å². The molecule has 0 bridgehead atoms. The molecular weight excluding hydrogens is 232 g/mol. The Morgan fingerprint density at radius 2 is 2.00 bits per heavy atom. The number of carboxylic acids is 1. The third-order valence-electron chi connectivity index (χ3n) is 1.83. The zero-order chi connectivity index (χ0) is 10.0. The standard InChI is InChI=1S/C10H11BrO2/c1-6(2)7-3-8(10(12)13)5-9(11)4-7/h3-6H,1-2H3,(H,12,13). The highest BCUT2D eigenvalue weighted by atomic mass is 79.9. The molecule has 1 N–H and O–H groups in total. The van der Waals surface area contributed by atoms with Gasteiger partial charge in [-0.15, -0.1) is 0 Å². The molecule has 0 aliphatic rings. The topological polar surface area (TPSA) is 37.3 Å². The van der Waals surface area contributed by atoms with Gasteiger partial charge in [0.25, 0.3) is 0 Å². The third kappa shape index (κ3) is 2.56. The van der Waals surface area contributed by atoms with Crippen LogP contribution in [0.3, 0.4) is 0 Å². The van der Waals surface area contributed by atoms with Gasteiger partial charge in [0.05, 0.1) is 5.56 Å². The van der Waals surface area contributed by atoms with Gasteiger partial charge in [-0.3, -0.25) is 0 Å². The molecular formula is C10H11BrO2. The van der Waals surface area contributed by atoms with Crippen LogP contribution in [0.2, 0.25) is 0 Å². The quantitative estimate of drug-likeness (QED) is 0.865. The fraction of sp³-hybridized carbons (Fsp3) is 0.300. The molecule has 3 heteroatoms. The zero-order valence-corrected chi connectivity index (χ0v) is 9.13. The molecule has 0 saturated carbocycles. The van der Waals surface area contributed by atoms with Crippen molar-refractivity contribution in [2.24, 2.45) is 0 Å². The lowest BCUT2D eigenvalue weighted by atomic mass is 10.0. The molecule has 0 aliphatic heterocycles. The van der Waals surface area contributed by atoms with Gasteiger partial charge in [0.15, 0.2) is 0 Å². The minimum Gasteiger partial charge on any atom is -0.478 e. The van der Waals surface area contributed by atoms with E-state index in [2.05, 4.69) is 15.9 Å². The van der Waals surface area contributed by atoms with Gasteiger partial charge in [-0.1, -0.05) is 29.8 Å². The molecule has 0 unspecified atom stereocenters. The maximum Gasteiger partial charge on any atom is 0.335 e. The predicted molar refractivity (Wildman–Crippen MR) is 55.2 cm³/mol. The molecule has 70 valence electrons. The summed E-state index contributed by atoms with van der Waals surface area (Å²) in [4.78, 5) is 10.7. The molecule has 13 heavy (non-hydrogen) atoms. The van der Waals surface area contributed by atoms with E-state index in [-0.39, 0.29) is 0 Å². The average molecular weight is 243 g/mol. The summed E-state index contributed by atoms with van der Waals surface area (Å²) in [5, 5.41) is 8.79. The van der Waals surface area contributed by atoms with E-state index in [1.807, 2.05) is 19.9 Å². The molecule has 1 rings (SSSR count). The smallest absolute Gasteiger partial charge is 0.335 e. The van der Waals surface area contributed by atoms with E-state index in [4.69, 9.17) is 5.11 Å². The fourth-order valence-corrected chi connectivity index (χ4v) is 1.58. The van der Waals surface area contributed by atoms with Crippen molar-refractivity contribution < 1.29 is 9.90 Å². The van der Waals surface area contributed by atoms with Crippen LogP contribution in [0.1, 0.15) is 35.7 Å². The second kappa shape index (κ2) is 3.92. The van der Waals surface area contributed by atoms with Gasteiger partial charge in [0.1, 0.15) is 0 Å². The number of hydrogen-bond acceptors (Lipinski definition) is 1. The van der Waals surface area contributed by atoms with E-state index in [1.54, 1.807) is 12.1 Å². The Morgan fingerprint density at radius 3 is 2.46 bits per heavy atom. The number of carbonyl (C=O) groups is 1. The van der Waals surface area contributed by atoms with Crippen LogP contribution in [0.15, 0.2) is 22.7 Å². The molecule has 0 amide bonds. The molecule has 1 aromatic carbocycles. The molecule has 2 nitrogen and oxygen atoms in total. The summed E-state index contributed by atoms with van der Waals surface area (Å²) in [7, 11) is 0. The fourth-order valence-electron chi connectivity index (χ4n) is 1.07. The highest BCUT2D eigenvalue weighted by Gasteiger charge is 2.07. The first-order valence-corrected chi connectivity index (χ1v) is 4.84. The molecule has 0 aliphatic carbocycles. The Morgan fingerprint density at radius 1 is 1.38 bits per heavy atom. The van der Waals surface area contributed by atoms with Crippen molar-refractivity contribution in [3.63, 3.8) is 0 Å². The molecule has 0 spiro atoms. The Balaban J connectivity index is 3.19. The van der Waals surface area contributed by atoms with Gasteiger partial charge in [0.2, 0.25) is 0 Å². The second-order valence-corrected chi connectivity index (χ2v) is 4.15. The molecule has 0 aromatic heterocycles. The molecule has 0 atom stereocenters. The van der Waals surface area contributed by atoms with Crippen LogP contribution in [-0.2, 0) is 0 Å². The van der Waals surface area contributed by atoms with Crippen molar-refractivity contribution in [2.75, 3.05) is 0 Å². The first kappa shape index (κ1) is 10.3. The van der Waals surface area contributed by atoms with E-state index in [0.717, 1.165) is 10.0 Å². The second-order valence-electron chi connectivity index (χ2n) is 3.23. The van der Waals surface area contributed by atoms with Crippen molar-refractivity contribution >= 4 is 21.9 Å². The van der Waals surface area contributed by atoms with E-state index in [1.165, 1.54) is 0 Å². The van der Waals surface area contributed by atoms with Crippen LogP contribution in [0.4, 0.5) is 0 Å². The number of halogens is 1. The first-order valence-electron chi connectivity index (χ1n) is 4.04. The number of aromatic carboxylic acids is 1. The number of hydrogen-bond donors (Lipinski definition) is 1. The summed E-state index contributed by atoms with van der Waals surface area (Å²) in [5.41, 5.74) is 1.37. The third-order valence-corrected chi connectivity index (χ3v) is 2.29.